The lowest BCUT2D eigenvalue weighted by atomic mass is 9.83. The second-order valence-corrected chi connectivity index (χ2v) is 5.50. The molecule has 0 spiro atoms. The van der Waals surface area contributed by atoms with Gasteiger partial charge in [0.1, 0.15) is 5.01 Å². The highest BCUT2D eigenvalue weighted by atomic mass is 35.5. The van der Waals surface area contributed by atoms with Gasteiger partial charge in [-0.25, -0.2) is 4.98 Å². The summed E-state index contributed by atoms with van der Waals surface area (Å²) in [4.78, 5) is 4.28. The second-order valence-electron chi connectivity index (χ2n) is 4.25. The monoisotopic (exact) mass is 244 g/mol. The number of hydrogen-bond donors (Lipinski definition) is 1. The van der Waals surface area contributed by atoms with E-state index in [4.69, 9.17) is 11.6 Å². The van der Waals surface area contributed by atoms with Gasteiger partial charge >= 0.3 is 0 Å². The molecule has 1 saturated carbocycles. The summed E-state index contributed by atoms with van der Waals surface area (Å²) in [6.45, 7) is 0.865. The molecule has 0 unspecified atom stereocenters. The van der Waals surface area contributed by atoms with Crippen LogP contribution in [0.5, 0.6) is 0 Å². The Morgan fingerprint density at radius 3 is 2.80 bits per heavy atom. The van der Waals surface area contributed by atoms with Crippen LogP contribution in [0.15, 0.2) is 11.6 Å². The van der Waals surface area contributed by atoms with Crippen LogP contribution in [0.4, 0.5) is 0 Å². The van der Waals surface area contributed by atoms with Gasteiger partial charge in [0.15, 0.2) is 0 Å². The number of alkyl halides is 1. The van der Waals surface area contributed by atoms with Crippen LogP contribution in [-0.4, -0.2) is 16.4 Å². The predicted octanol–water partition coefficient (Wildman–Crippen LogP) is 3.17. The van der Waals surface area contributed by atoms with Crippen molar-refractivity contribution in [2.45, 2.75) is 44.2 Å². The molecule has 1 fully saturated rings. The van der Waals surface area contributed by atoms with Gasteiger partial charge in [0.25, 0.3) is 0 Å². The van der Waals surface area contributed by atoms with Gasteiger partial charge in [-0.1, -0.05) is 19.3 Å². The van der Waals surface area contributed by atoms with Gasteiger partial charge in [-0.2, -0.15) is 0 Å². The molecule has 4 heteroatoms. The minimum Gasteiger partial charge on any atom is -0.304 e. The number of nitrogens with one attached hydrogen (secondary N) is 1. The molecule has 2 rings (SSSR count). The molecule has 0 radical (unpaired) electrons. The van der Waals surface area contributed by atoms with E-state index in [-0.39, 0.29) is 5.54 Å². The van der Waals surface area contributed by atoms with E-state index in [9.17, 15) is 0 Å². The first kappa shape index (κ1) is 11.4. The summed E-state index contributed by atoms with van der Waals surface area (Å²) < 4.78 is 0. The molecular formula is C11H17ClN2S. The molecule has 0 atom stereocenters. The largest absolute Gasteiger partial charge is 0.304 e. The van der Waals surface area contributed by atoms with Crippen LogP contribution in [0.3, 0.4) is 0 Å². The topological polar surface area (TPSA) is 24.9 Å². The maximum atomic E-state index is 6.10. The molecule has 0 amide bonds. The zero-order chi connectivity index (χ0) is 10.6. The SMILES string of the molecule is ClCC1(NCc2nccs2)CCCCC1. The van der Waals surface area contributed by atoms with Crippen molar-refractivity contribution in [2.75, 3.05) is 5.88 Å². The van der Waals surface area contributed by atoms with Gasteiger partial charge in [-0.15, -0.1) is 22.9 Å². The third-order valence-corrected chi connectivity index (χ3v) is 4.46. The molecule has 2 nitrogen and oxygen atoms in total. The predicted molar refractivity (Wildman–Crippen MR) is 65.5 cm³/mol. The molecule has 1 aliphatic rings. The van der Waals surface area contributed by atoms with E-state index in [2.05, 4.69) is 10.3 Å². The van der Waals surface area contributed by atoms with Crippen LogP contribution in [0.1, 0.15) is 37.1 Å². The van der Waals surface area contributed by atoms with Crippen LogP contribution < -0.4 is 5.32 Å². The van der Waals surface area contributed by atoms with Crippen LogP contribution in [0, 0.1) is 0 Å². The Hall–Kier alpha value is -0.120. The molecular weight excluding hydrogens is 228 g/mol. The van der Waals surface area contributed by atoms with Crippen molar-refractivity contribution in [2.24, 2.45) is 0 Å². The van der Waals surface area contributed by atoms with E-state index in [1.165, 1.54) is 32.1 Å². The summed E-state index contributed by atoms with van der Waals surface area (Å²) in [6, 6.07) is 0. The zero-order valence-electron chi connectivity index (χ0n) is 8.84. The van der Waals surface area contributed by atoms with Gasteiger partial charge < -0.3 is 5.32 Å². The molecule has 0 bridgehead atoms. The average Bonchev–Trinajstić information content (AvgIpc) is 2.81. The first-order valence-corrected chi connectivity index (χ1v) is 6.95. The summed E-state index contributed by atoms with van der Waals surface area (Å²) in [5.41, 5.74) is 0.172. The standard InChI is InChI=1S/C11H17ClN2S/c12-9-11(4-2-1-3-5-11)14-8-10-13-6-7-15-10/h6-7,14H,1-5,8-9H2. The molecule has 84 valence electrons. The van der Waals surface area contributed by atoms with Crippen LogP contribution in [-0.2, 0) is 6.54 Å². The van der Waals surface area contributed by atoms with Crippen LogP contribution in [0.25, 0.3) is 0 Å². The normalized spacial score (nSPS) is 20.3. The van der Waals surface area contributed by atoms with Crippen molar-refractivity contribution in [3.05, 3.63) is 16.6 Å². The van der Waals surface area contributed by atoms with Gasteiger partial charge in [-0.3, -0.25) is 0 Å². The lowest BCUT2D eigenvalue weighted by Gasteiger charge is -2.36. The number of halogens is 1. The van der Waals surface area contributed by atoms with Crippen LogP contribution in [0.2, 0.25) is 0 Å². The number of thiazole rings is 1. The van der Waals surface area contributed by atoms with E-state index in [1.807, 2.05) is 11.6 Å². The maximum Gasteiger partial charge on any atom is 0.106 e. The fraction of sp³-hybridized carbons (Fsp3) is 0.727. The number of rotatable bonds is 4. The average molecular weight is 245 g/mol. The molecule has 15 heavy (non-hydrogen) atoms. The zero-order valence-corrected chi connectivity index (χ0v) is 10.4. The fourth-order valence-corrected chi connectivity index (χ4v) is 3.11. The first-order chi connectivity index (χ1) is 7.35. The maximum absolute atomic E-state index is 6.10. The van der Waals surface area contributed by atoms with Crippen molar-refractivity contribution < 1.29 is 0 Å². The van der Waals surface area contributed by atoms with E-state index in [1.54, 1.807) is 11.3 Å². The number of hydrogen-bond acceptors (Lipinski definition) is 3. The van der Waals surface area contributed by atoms with E-state index in [0.29, 0.717) is 0 Å². The fourth-order valence-electron chi connectivity index (χ4n) is 2.19. The number of aromatic nitrogens is 1. The third-order valence-electron chi connectivity index (χ3n) is 3.16. The Morgan fingerprint density at radius 2 is 2.20 bits per heavy atom. The van der Waals surface area contributed by atoms with Crippen molar-refractivity contribution >= 4 is 22.9 Å². The van der Waals surface area contributed by atoms with Crippen molar-refractivity contribution in [3.8, 4) is 0 Å². The Morgan fingerprint density at radius 1 is 1.40 bits per heavy atom. The summed E-state index contributed by atoms with van der Waals surface area (Å²) >= 11 is 7.80. The molecule has 1 N–H and O–H groups in total. The van der Waals surface area contributed by atoms with Gasteiger partial charge in [0.05, 0.1) is 0 Å². The summed E-state index contributed by atoms with van der Waals surface area (Å²) in [5, 5.41) is 6.78. The summed E-state index contributed by atoms with van der Waals surface area (Å²) in [5.74, 6) is 0.721. The smallest absolute Gasteiger partial charge is 0.106 e. The van der Waals surface area contributed by atoms with Gasteiger partial charge in [-0.05, 0) is 12.8 Å². The molecule has 1 aromatic heterocycles. The highest BCUT2D eigenvalue weighted by Gasteiger charge is 2.30. The Bertz CT molecular complexity index is 281. The Balaban J connectivity index is 1.89. The Kier molecular flexibility index (Phi) is 4.00. The Labute approximate surface area is 100 Å². The first-order valence-electron chi connectivity index (χ1n) is 5.54. The third kappa shape index (κ3) is 2.92. The quantitative estimate of drug-likeness (QED) is 0.823. The van der Waals surface area contributed by atoms with Crippen molar-refractivity contribution in [1.82, 2.24) is 10.3 Å². The molecule has 0 saturated heterocycles. The molecule has 1 aromatic rings. The lowest BCUT2D eigenvalue weighted by molar-refractivity contribution is 0.256. The minimum absolute atomic E-state index is 0.172. The van der Waals surface area contributed by atoms with Crippen LogP contribution >= 0.6 is 22.9 Å². The molecule has 1 heterocycles. The van der Waals surface area contributed by atoms with Crippen molar-refractivity contribution in [1.29, 1.82) is 0 Å². The highest BCUT2D eigenvalue weighted by Crippen LogP contribution is 2.29. The van der Waals surface area contributed by atoms with E-state index >= 15 is 0 Å². The lowest BCUT2D eigenvalue weighted by Crippen LogP contribution is -2.48. The van der Waals surface area contributed by atoms with Crippen molar-refractivity contribution in [3.63, 3.8) is 0 Å². The molecule has 0 aliphatic heterocycles. The minimum atomic E-state index is 0.172. The number of nitrogens with zero attached hydrogens (tertiary/aromatic N) is 1. The van der Waals surface area contributed by atoms with Gasteiger partial charge in [0.2, 0.25) is 0 Å². The summed E-state index contributed by atoms with van der Waals surface area (Å²) in [6.07, 6.45) is 8.24. The second kappa shape index (κ2) is 5.28. The summed E-state index contributed by atoms with van der Waals surface area (Å²) in [7, 11) is 0. The van der Waals surface area contributed by atoms with E-state index in [0.717, 1.165) is 17.4 Å². The van der Waals surface area contributed by atoms with Gasteiger partial charge in [0, 0.05) is 29.5 Å². The molecule has 0 aromatic carbocycles. The highest BCUT2D eigenvalue weighted by molar-refractivity contribution is 7.09. The molecule has 1 aliphatic carbocycles. The van der Waals surface area contributed by atoms with E-state index < -0.39 is 0 Å².